The number of nitrogens with one attached hydrogen (secondary N) is 2. The number of hydrogen-bond acceptors (Lipinski definition) is 10. The van der Waals surface area contributed by atoms with Crippen LogP contribution in [0.15, 0.2) is 23.8 Å². The molecule has 0 aliphatic heterocycles. The Balaban J connectivity index is 0.857. The third-order valence-electron chi connectivity index (χ3n) is 14.1. The molecule has 8 unspecified atom stereocenters. The summed E-state index contributed by atoms with van der Waals surface area (Å²) in [6.07, 6.45) is 16.3. The van der Waals surface area contributed by atoms with Gasteiger partial charge in [0.15, 0.2) is 0 Å². The summed E-state index contributed by atoms with van der Waals surface area (Å²) in [7, 11) is 0. The van der Waals surface area contributed by atoms with E-state index in [9.17, 15) is 24.6 Å². The number of aromatic nitrogens is 1. The molecule has 328 valence electrons. The Morgan fingerprint density at radius 3 is 2.24 bits per heavy atom. The second-order valence-corrected chi connectivity index (χ2v) is 18.3. The predicted molar refractivity (Wildman–Crippen MR) is 220 cm³/mol. The molecule has 0 bridgehead atoms. The minimum absolute atomic E-state index is 0.0586. The average Bonchev–Trinajstić information content (AvgIpc) is 3.71. The van der Waals surface area contributed by atoms with Crippen LogP contribution in [0.2, 0.25) is 0 Å². The van der Waals surface area contributed by atoms with Crippen LogP contribution in [0, 0.1) is 46.3 Å². The van der Waals surface area contributed by atoms with E-state index in [1.54, 1.807) is 5.57 Å². The van der Waals surface area contributed by atoms with Crippen molar-refractivity contribution < 1.29 is 48.4 Å². The van der Waals surface area contributed by atoms with E-state index < -0.39 is 17.7 Å². The molecule has 1 aromatic heterocycles. The molecular weight excluding hydrogens is 743 g/mol. The smallest absolute Gasteiger partial charge is 0.407 e. The normalized spacial score (nSPS) is 28.2. The SMILES string of the molecule is CC(C)CCCC(C)C1CCC2C3CC=C4CC(OC(=O)NCCCOCCOCCOCCNC(=O)CCC(=O)On5c(O)ccc5O)CCC4(C)C3CCC12C. The van der Waals surface area contributed by atoms with E-state index in [2.05, 4.69) is 51.3 Å². The molecule has 2 amide bonds. The van der Waals surface area contributed by atoms with Crippen molar-refractivity contribution in [2.75, 3.05) is 52.7 Å². The van der Waals surface area contributed by atoms with Gasteiger partial charge in [-0.15, -0.1) is 4.73 Å². The minimum atomic E-state index is -0.775. The number of carbonyl (C=O) groups excluding carboxylic acids is 3. The number of ether oxygens (including phenoxy) is 4. The van der Waals surface area contributed by atoms with Gasteiger partial charge in [-0.2, -0.15) is 0 Å². The average molecular weight is 816 g/mol. The molecule has 13 nitrogen and oxygen atoms in total. The zero-order valence-corrected chi connectivity index (χ0v) is 35.9. The molecule has 58 heavy (non-hydrogen) atoms. The van der Waals surface area contributed by atoms with Crippen molar-refractivity contribution in [2.24, 2.45) is 46.3 Å². The summed E-state index contributed by atoms with van der Waals surface area (Å²) in [4.78, 5) is 41.2. The number of fused-ring (bicyclic) bond motifs is 5. The molecule has 3 saturated carbocycles. The zero-order valence-electron chi connectivity index (χ0n) is 35.9. The summed E-state index contributed by atoms with van der Waals surface area (Å²) in [5.74, 6) is 2.94. The van der Waals surface area contributed by atoms with Crippen molar-refractivity contribution in [1.82, 2.24) is 15.4 Å². The van der Waals surface area contributed by atoms with Gasteiger partial charge in [0.05, 0.1) is 39.5 Å². The molecule has 0 spiro atoms. The number of allylic oxidation sites excluding steroid dienone is 1. The van der Waals surface area contributed by atoms with Crippen molar-refractivity contribution >= 4 is 18.0 Å². The first-order valence-electron chi connectivity index (χ1n) is 22.3. The summed E-state index contributed by atoms with van der Waals surface area (Å²) in [6, 6.07) is 2.34. The molecule has 4 aliphatic carbocycles. The van der Waals surface area contributed by atoms with E-state index in [-0.39, 0.29) is 49.5 Å². The quantitative estimate of drug-likeness (QED) is 0.0649. The van der Waals surface area contributed by atoms with E-state index >= 15 is 0 Å². The van der Waals surface area contributed by atoms with Gasteiger partial charge in [-0.3, -0.25) is 4.79 Å². The number of amides is 2. The molecule has 4 aliphatic rings. The van der Waals surface area contributed by atoms with Crippen molar-refractivity contribution in [3.8, 4) is 11.8 Å². The first-order valence-corrected chi connectivity index (χ1v) is 22.3. The lowest BCUT2D eigenvalue weighted by Crippen LogP contribution is -2.51. The summed E-state index contributed by atoms with van der Waals surface area (Å²) in [5, 5.41) is 24.5. The van der Waals surface area contributed by atoms with Gasteiger partial charge in [0.2, 0.25) is 17.7 Å². The van der Waals surface area contributed by atoms with Crippen LogP contribution in [0.5, 0.6) is 11.8 Å². The Labute approximate surface area is 346 Å². The van der Waals surface area contributed by atoms with E-state index in [1.807, 2.05) is 0 Å². The standard InChI is InChI=1S/C45H73N3O10/c1-31(2)8-6-9-32(3)36-12-13-37-35-11-10-33-30-34(18-20-44(33,4)38(35)19-21-45(36,37)5)57-43(53)47-22-7-24-54-26-28-56-29-27-55-25-23-46-39(49)14-17-42(52)58-48-40(50)15-16-41(48)51/h10,15-16,31-32,34-38,50-51H,6-9,11-14,17-30H2,1-5H3,(H,46,49)(H,47,53). The second kappa shape index (κ2) is 21.8. The van der Waals surface area contributed by atoms with Gasteiger partial charge in [0.25, 0.3) is 0 Å². The van der Waals surface area contributed by atoms with Crippen molar-refractivity contribution in [2.45, 2.75) is 131 Å². The Kier molecular flexibility index (Phi) is 17.2. The molecule has 0 saturated heterocycles. The number of nitrogens with zero attached hydrogens (tertiary/aromatic N) is 1. The molecule has 5 rings (SSSR count). The second-order valence-electron chi connectivity index (χ2n) is 18.3. The molecule has 4 N–H and O–H groups in total. The highest BCUT2D eigenvalue weighted by Gasteiger charge is 2.59. The summed E-state index contributed by atoms with van der Waals surface area (Å²) in [5.41, 5.74) is 2.27. The molecule has 1 aromatic rings. The van der Waals surface area contributed by atoms with Gasteiger partial charge in [0.1, 0.15) is 6.10 Å². The Morgan fingerprint density at radius 1 is 0.810 bits per heavy atom. The van der Waals surface area contributed by atoms with Crippen molar-refractivity contribution in [3.63, 3.8) is 0 Å². The molecule has 13 heteroatoms. The Hall–Kier alpha value is -3.29. The predicted octanol–water partition coefficient (Wildman–Crippen LogP) is 7.33. The van der Waals surface area contributed by atoms with E-state index in [4.69, 9.17) is 23.8 Å². The van der Waals surface area contributed by atoms with Gasteiger partial charge in [0, 0.05) is 44.7 Å². The fraction of sp³-hybridized carbons (Fsp3) is 0.800. The third kappa shape index (κ3) is 12.1. The third-order valence-corrected chi connectivity index (χ3v) is 14.1. The van der Waals surface area contributed by atoms with Crippen LogP contribution < -0.4 is 15.5 Å². The molecule has 3 fully saturated rings. The largest absolute Gasteiger partial charge is 0.492 e. The summed E-state index contributed by atoms with van der Waals surface area (Å²) in [6.45, 7) is 15.6. The Bertz CT molecular complexity index is 1490. The van der Waals surface area contributed by atoms with Crippen LogP contribution in [0.1, 0.15) is 125 Å². The molecule has 0 aromatic carbocycles. The van der Waals surface area contributed by atoms with E-state index in [0.29, 0.717) is 56.1 Å². The van der Waals surface area contributed by atoms with E-state index in [1.165, 1.54) is 63.5 Å². The van der Waals surface area contributed by atoms with Crippen LogP contribution in [-0.4, -0.2) is 91.7 Å². The number of carbonyl (C=O) groups is 3. The summed E-state index contributed by atoms with van der Waals surface area (Å²) >= 11 is 0. The van der Waals surface area contributed by atoms with E-state index in [0.717, 1.165) is 54.8 Å². The molecule has 8 atom stereocenters. The lowest BCUT2D eigenvalue weighted by Gasteiger charge is -2.58. The van der Waals surface area contributed by atoms with Gasteiger partial charge < -0.3 is 44.6 Å². The molecule has 1 heterocycles. The monoisotopic (exact) mass is 816 g/mol. The molecular formula is C45H73N3O10. The fourth-order valence-corrected chi connectivity index (χ4v) is 11.1. The number of rotatable bonds is 23. The zero-order chi connectivity index (χ0) is 41.7. The van der Waals surface area contributed by atoms with Crippen LogP contribution in [0.4, 0.5) is 4.79 Å². The van der Waals surface area contributed by atoms with Crippen LogP contribution in [-0.2, 0) is 28.5 Å². The first-order chi connectivity index (χ1) is 27.8. The van der Waals surface area contributed by atoms with Crippen molar-refractivity contribution in [3.05, 3.63) is 23.8 Å². The lowest BCUT2D eigenvalue weighted by atomic mass is 9.47. The first kappa shape index (κ1) is 45.8. The lowest BCUT2D eigenvalue weighted by molar-refractivity contribution is -0.146. The maximum absolute atomic E-state index is 12.7. The Morgan fingerprint density at radius 2 is 1.52 bits per heavy atom. The summed E-state index contributed by atoms with van der Waals surface area (Å²) < 4.78 is 23.1. The highest BCUT2D eigenvalue weighted by molar-refractivity contribution is 5.81. The van der Waals surface area contributed by atoms with Crippen molar-refractivity contribution in [1.29, 1.82) is 0 Å². The van der Waals surface area contributed by atoms with Gasteiger partial charge >= 0.3 is 12.1 Å². The van der Waals surface area contributed by atoms with Gasteiger partial charge in [-0.25, -0.2) is 9.59 Å². The van der Waals surface area contributed by atoms with Crippen LogP contribution in [0.3, 0.4) is 0 Å². The van der Waals surface area contributed by atoms with Crippen LogP contribution in [0.25, 0.3) is 0 Å². The van der Waals surface area contributed by atoms with Crippen LogP contribution >= 0.6 is 0 Å². The highest BCUT2D eigenvalue weighted by Crippen LogP contribution is 2.67. The highest BCUT2D eigenvalue weighted by atomic mass is 16.7. The molecule has 0 radical (unpaired) electrons. The topological polar surface area (TPSA) is 167 Å². The van der Waals surface area contributed by atoms with Gasteiger partial charge in [-0.05, 0) is 97.7 Å². The fourth-order valence-electron chi connectivity index (χ4n) is 11.1. The number of alkyl carbamates (subject to hydrolysis) is 1. The minimum Gasteiger partial charge on any atom is -0.492 e. The van der Waals surface area contributed by atoms with Gasteiger partial charge in [-0.1, -0.05) is 65.5 Å². The number of aromatic hydroxyl groups is 2. The number of hydrogen-bond donors (Lipinski definition) is 4. The maximum Gasteiger partial charge on any atom is 0.407 e. The maximum atomic E-state index is 12.7.